The Morgan fingerprint density at radius 3 is 0.759 bits per heavy atom. The van der Waals surface area contributed by atoms with Crippen molar-refractivity contribution in [1.29, 1.82) is 0 Å². The van der Waals surface area contributed by atoms with E-state index in [2.05, 4.69) is 83.0 Å². The molecular formula is C100H189N13O24. The predicted octanol–water partition coefficient (Wildman–Crippen LogP) is 11.5. The quantitative estimate of drug-likeness (QED) is 0.0213. The summed E-state index contributed by atoms with van der Waals surface area (Å²) in [6, 6.07) is 6.70. The van der Waals surface area contributed by atoms with Crippen LogP contribution in [0, 0.1) is 47.3 Å². The van der Waals surface area contributed by atoms with E-state index in [9.17, 15) is 112 Å². The number of amides is 13. The maximum absolute atomic E-state index is 11.5. The van der Waals surface area contributed by atoms with Crippen LogP contribution in [0.1, 0.15) is 339 Å². The SMILES string of the molecule is CC(C)CC(=O)C(=O)NC(C)C.CC(C)CC(=O)CCC(=O)NC(C)C.CC(C)CC(=O)CCCCCNC(=O)NC(C)C.CC(C)CC(=O)COCC(=O)CC(C)C.CC(C)CC(=O)[C@@H](O)[C@H](O)C(=O)NC(C)C.CC(C)CC(=O)[C@H](O)[C@@H](O)C(=O)NC(C)C.CC(C)CC(=O)[C@H](O)[C@H](O)C(=O)NC(C)C.CC(C)NC(=O)NC(C)C.CC(C)NC(=O)Nc1ccc(NC(=O)NC(C)C)cc1. The third kappa shape index (κ3) is 99.6. The van der Waals surface area contributed by atoms with Crippen LogP contribution in [-0.4, -0.2) is 247 Å². The Morgan fingerprint density at radius 1 is 0.248 bits per heavy atom. The van der Waals surface area contributed by atoms with E-state index in [0.717, 1.165) is 19.3 Å². The summed E-state index contributed by atoms with van der Waals surface area (Å²) < 4.78 is 5.06. The first-order valence-electron chi connectivity index (χ1n) is 48.5. The summed E-state index contributed by atoms with van der Waals surface area (Å²) in [5.74, 6) is -1.78. The zero-order valence-electron chi connectivity index (χ0n) is 90.2. The van der Waals surface area contributed by atoms with Crippen LogP contribution in [0.15, 0.2) is 24.3 Å². The number of unbranched alkanes of at least 4 members (excludes halogenated alkanes) is 2. The molecule has 0 bridgehead atoms. The monoisotopic (exact) mass is 1960 g/mol. The summed E-state index contributed by atoms with van der Waals surface area (Å²) in [7, 11) is 0. The second-order valence-corrected chi connectivity index (χ2v) is 40.1. The van der Waals surface area contributed by atoms with E-state index in [4.69, 9.17) is 4.74 Å². The molecule has 0 aromatic heterocycles. The summed E-state index contributed by atoms with van der Waals surface area (Å²) in [4.78, 5) is 192. The zero-order chi connectivity index (χ0) is 109. The van der Waals surface area contributed by atoms with Crippen molar-refractivity contribution < 1.29 is 117 Å². The van der Waals surface area contributed by atoms with Gasteiger partial charge in [0, 0.05) is 149 Å². The molecule has 0 fully saturated rings. The van der Waals surface area contributed by atoms with Gasteiger partial charge >= 0.3 is 24.1 Å². The van der Waals surface area contributed by atoms with Crippen LogP contribution >= 0.6 is 0 Å². The first kappa shape index (κ1) is 143. The fourth-order valence-corrected chi connectivity index (χ4v) is 10.7. The minimum absolute atomic E-state index is 0.0305. The van der Waals surface area contributed by atoms with Crippen molar-refractivity contribution in [2.24, 2.45) is 47.3 Å². The molecule has 0 aliphatic carbocycles. The highest BCUT2D eigenvalue weighted by Gasteiger charge is 2.33. The predicted molar refractivity (Wildman–Crippen MR) is 541 cm³/mol. The fourth-order valence-electron chi connectivity index (χ4n) is 10.7. The maximum Gasteiger partial charge on any atom is 0.319 e. The number of hydrogen-bond donors (Lipinski definition) is 19. The Kier molecular flexibility index (Phi) is 87.4. The van der Waals surface area contributed by atoms with Crippen LogP contribution in [0.3, 0.4) is 0 Å². The highest BCUT2D eigenvalue weighted by molar-refractivity contribution is 6.36. The number of aliphatic hydroxyl groups is 6. The number of nitrogens with one attached hydrogen (secondary N) is 13. The van der Waals surface area contributed by atoms with Gasteiger partial charge in [-0.15, -0.1) is 0 Å². The van der Waals surface area contributed by atoms with E-state index in [1.54, 1.807) is 65.8 Å². The molecule has 1 aromatic carbocycles. The third-order valence-corrected chi connectivity index (χ3v) is 16.1. The second-order valence-electron chi connectivity index (χ2n) is 40.1. The van der Waals surface area contributed by atoms with Gasteiger partial charge in [-0.25, -0.2) is 19.2 Å². The molecule has 6 atom stereocenters. The van der Waals surface area contributed by atoms with Crippen LogP contribution in [0.2, 0.25) is 0 Å². The minimum atomic E-state index is -1.69. The van der Waals surface area contributed by atoms with Crippen LogP contribution in [0.4, 0.5) is 30.6 Å². The van der Waals surface area contributed by atoms with Gasteiger partial charge in [0.25, 0.3) is 23.6 Å². The largest absolute Gasteiger partial charge is 0.382 e. The molecule has 0 saturated heterocycles. The standard InChI is InChI=1S/C14H22N4O2.C14H28N2O2.C12H22O3.3C11H21NO4.C11H21NO2.C9H17NO2.C7H16N2O/c1-9(2)15-13(19)17-11-5-7-12(8-6-11)18-14(20)16-10(3)4;1-11(2)10-13(17)8-6-5-7-9-15-14(18)16-12(3)4;1-9(2)5-11(13)7-15-8-12(14)6-10(3)4;3*1-6(2)5-8(13)9(14)10(15)11(16)12-7(3)4;1-8(2)7-10(13)5-6-11(14)12-9(3)4;1-6(2)5-8(11)9(12)10-7(3)4;1-5(2)8-7(10)9-6(3)4/h5-10H,1-4H3,(H2,15,17,19)(H2,16,18,20);11-12H,5-10H2,1-4H3,(H2,15,16,18);9-10H,5-8H2,1-4H3;3*6-7,9-10,14-15H,5H2,1-4H3,(H,12,16);8-9H,5-7H2,1-4H3,(H,12,14);6-7H,5H2,1-4H3,(H,10,12);5-6H,1-4H3,(H2,8,9,10)/t;;;2*9-,10+;9-,10-;;;/m...100.../s1. The lowest BCUT2D eigenvalue weighted by atomic mass is 10.00. The lowest BCUT2D eigenvalue weighted by molar-refractivity contribution is -0.145. The number of aliphatic hydroxyl groups excluding tert-OH is 6. The summed E-state index contributed by atoms with van der Waals surface area (Å²) in [6.45, 7) is 68.7. The molecule has 13 amide bonds. The molecule has 1 rings (SSSR count). The Balaban J connectivity index is -0.000000229. The lowest BCUT2D eigenvalue weighted by Gasteiger charge is -2.18. The summed E-state index contributed by atoms with van der Waals surface area (Å²) in [5.41, 5.74) is 1.33. The molecule has 37 heteroatoms. The maximum atomic E-state index is 11.5. The van der Waals surface area contributed by atoms with Gasteiger partial charge in [-0.05, 0) is 223 Å². The van der Waals surface area contributed by atoms with Crippen LogP contribution in [-0.2, 0) is 67.1 Å². The highest BCUT2D eigenvalue weighted by Crippen LogP contribution is 2.16. The summed E-state index contributed by atoms with van der Waals surface area (Å²) in [6.07, 6.45) is -2.66. The summed E-state index contributed by atoms with van der Waals surface area (Å²) in [5, 5.41) is 91.2. The number of ketones is 8. The second kappa shape index (κ2) is 83.7. The molecule has 137 heavy (non-hydrogen) atoms. The van der Waals surface area contributed by atoms with E-state index in [-0.39, 0.29) is 170 Å². The molecule has 0 heterocycles. The van der Waals surface area contributed by atoms with Gasteiger partial charge in [-0.3, -0.25) is 62.3 Å². The van der Waals surface area contributed by atoms with Gasteiger partial charge in [-0.2, -0.15) is 0 Å². The molecule has 0 aliphatic heterocycles. The van der Waals surface area contributed by atoms with Crippen LogP contribution in [0.5, 0.6) is 0 Å². The zero-order valence-corrected chi connectivity index (χ0v) is 90.2. The smallest absolute Gasteiger partial charge is 0.319 e. The van der Waals surface area contributed by atoms with E-state index in [0.29, 0.717) is 98.7 Å². The van der Waals surface area contributed by atoms with Crippen molar-refractivity contribution in [2.45, 2.75) is 436 Å². The van der Waals surface area contributed by atoms with Crippen molar-refractivity contribution >= 4 is 111 Å². The highest BCUT2D eigenvalue weighted by atomic mass is 16.5. The van der Waals surface area contributed by atoms with Crippen molar-refractivity contribution in [1.82, 2.24) is 58.5 Å². The van der Waals surface area contributed by atoms with Crippen LogP contribution in [0.25, 0.3) is 0 Å². The number of ether oxygens (including phenoxy) is 1. The van der Waals surface area contributed by atoms with E-state index < -0.39 is 77.6 Å². The van der Waals surface area contributed by atoms with Gasteiger partial charge in [-0.1, -0.05) is 117 Å². The fraction of sp³-hybridized carbons (Fsp3) is 0.770. The third-order valence-electron chi connectivity index (χ3n) is 16.1. The Bertz CT molecular complexity index is 3210. The molecular weight excluding hydrogens is 1770 g/mol. The average Bonchev–Trinajstić information content (AvgIpc) is 0.894. The topological polar surface area (TPSA) is 577 Å². The number of carbonyl (C=O) groups excluding carboxylic acids is 17. The Hall–Kier alpha value is -9.27. The first-order chi connectivity index (χ1) is 62.8. The number of hydrogen-bond acceptors (Lipinski definition) is 24. The number of benzene rings is 1. The van der Waals surface area contributed by atoms with Gasteiger partial charge in [0.05, 0.1) is 0 Å². The van der Waals surface area contributed by atoms with E-state index in [1.807, 2.05) is 194 Å². The van der Waals surface area contributed by atoms with Crippen LogP contribution < -0.4 is 69.1 Å². The molecule has 0 aliphatic rings. The van der Waals surface area contributed by atoms with Crippen molar-refractivity contribution in [3.63, 3.8) is 0 Å². The molecule has 798 valence electrons. The van der Waals surface area contributed by atoms with Gasteiger partial charge in [0.1, 0.15) is 43.1 Å². The number of rotatable bonds is 51. The molecule has 0 radical (unpaired) electrons. The van der Waals surface area contributed by atoms with E-state index in [1.165, 1.54) is 0 Å². The van der Waals surface area contributed by atoms with Crippen molar-refractivity contribution in [3.8, 4) is 0 Å². The average molecular weight is 1960 g/mol. The Morgan fingerprint density at radius 2 is 0.496 bits per heavy atom. The number of carbonyl (C=O) groups is 17. The van der Waals surface area contributed by atoms with Gasteiger partial charge in [0.15, 0.2) is 47.2 Å². The molecule has 0 unspecified atom stereocenters. The summed E-state index contributed by atoms with van der Waals surface area (Å²) >= 11 is 0. The lowest BCUT2D eigenvalue weighted by Crippen LogP contribution is -2.47. The normalized spacial score (nSPS) is 12.1. The molecule has 0 spiro atoms. The van der Waals surface area contributed by atoms with E-state index >= 15 is 0 Å². The molecule has 0 saturated carbocycles. The molecule has 1 aromatic rings. The number of urea groups is 4. The van der Waals surface area contributed by atoms with Gasteiger partial charge in [0.2, 0.25) is 11.7 Å². The van der Waals surface area contributed by atoms with Gasteiger partial charge < -0.3 is 104 Å². The molecule has 37 nitrogen and oxygen atoms in total. The van der Waals surface area contributed by atoms with Crippen molar-refractivity contribution in [3.05, 3.63) is 24.3 Å². The number of anilines is 2. The minimum Gasteiger partial charge on any atom is -0.382 e. The first-order valence-corrected chi connectivity index (χ1v) is 48.5. The molecule has 19 N–H and O–H groups in total. The number of Topliss-reactive ketones (excluding diaryl/α,β-unsaturated/α-hetero) is 8. The Labute approximate surface area is 821 Å². The van der Waals surface area contributed by atoms with Crippen molar-refractivity contribution in [2.75, 3.05) is 30.4 Å².